The zero-order valence-corrected chi connectivity index (χ0v) is 11.4. The molecule has 0 aliphatic carbocycles. The first-order chi connectivity index (χ1) is 9.10. The number of aryl methyl sites for hydroxylation is 2. The van der Waals surface area contributed by atoms with Crippen molar-refractivity contribution in [1.29, 1.82) is 0 Å². The number of carbonyl (C=O) groups is 1. The van der Waals surface area contributed by atoms with Gasteiger partial charge in [0, 0.05) is 18.3 Å². The molecule has 100 valence electrons. The van der Waals surface area contributed by atoms with Gasteiger partial charge in [-0.05, 0) is 31.5 Å². The first-order valence-electron chi connectivity index (χ1n) is 6.42. The van der Waals surface area contributed by atoms with E-state index >= 15 is 0 Å². The van der Waals surface area contributed by atoms with Crippen LogP contribution < -0.4 is 5.73 Å². The standard InChI is InChI=1S/C15H19N3O/c1-11-9-14(18(2)17-11)10-15(19)13-5-3-12(4-6-13)7-8-16/h3-6,9H,7-8,10,16H2,1-2H3. The molecule has 0 atom stereocenters. The molecule has 0 radical (unpaired) electrons. The Balaban J connectivity index is 2.09. The number of nitrogens with zero attached hydrogens (tertiary/aromatic N) is 2. The van der Waals surface area contributed by atoms with E-state index in [4.69, 9.17) is 5.73 Å². The second-order valence-corrected chi connectivity index (χ2v) is 4.74. The second kappa shape index (κ2) is 5.80. The molecule has 0 amide bonds. The lowest BCUT2D eigenvalue weighted by atomic mass is 10.0. The van der Waals surface area contributed by atoms with Gasteiger partial charge in [0.2, 0.25) is 0 Å². The predicted octanol–water partition coefficient (Wildman–Crippen LogP) is 1.66. The Morgan fingerprint density at radius 2 is 2.00 bits per heavy atom. The van der Waals surface area contributed by atoms with Gasteiger partial charge in [-0.1, -0.05) is 24.3 Å². The lowest BCUT2D eigenvalue weighted by Crippen LogP contribution is -2.08. The number of hydrogen-bond acceptors (Lipinski definition) is 3. The molecule has 4 nitrogen and oxygen atoms in total. The van der Waals surface area contributed by atoms with Crippen LogP contribution in [0.3, 0.4) is 0 Å². The van der Waals surface area contributed by atoms with Crippen molar-refractivity contribution in [3.05, 3.63) is 52.8 Å². The van der Waals surface area contributed by atoms with Crippen LogP contribution >= 0.6 is 0 Å². The molecule has 0 aliphatic heterocycles. The monoisotopic (exact) mass is 257 g/mol. The van der Waals surface area contributed by atoms with Crippen LogP contribution in [0.2, 0.25) is 0 Å². The summed E-state index contributed by atoms with van der Waals surface area (Å²) in [5, 5.41) is 4.25. The molecule has 19 heavy (non-hydrogen) atoms. The number of carbonyl (C=O) groups excluding carboxylic acids is 1. The third-order valence-corrected chi connectivity index (χ3v) is 3.15. The van der Waals surface area contributed by atoms with Gasteiger partial charge in [0.1, 0.15) is 0 Å². The van der Waals surface area contributed by atoms with Gasteiger partial charge in [-0.25, -0.2) is 0 Å². The Bertz CT molecular complexity index is 570. The Morgan fingerprint density at radius 3 is 2.53 bits per heavy atom. The fourth-order valence-corrected chi connectivity index (χ4v) is 2.12. The number of aromatic nitrogens is 2. The number of benzene rings is 1. The van der Waals surface area contributed by atoms with E-state index in [1.54, 1.807) is 4.68 Å². The van der Waals surface area contributed by atoms with E-state index in [1.165, 1.54) is 0 Å². The first kappa shape index (κ1) is 13.5. The predicted molar refractivity (Wildman–Crippen MR) is 75.2 cm³/mol. The molecule has 1 aromatic carbocycles. The maximum absolute atomic E-state index is 12.2. The Hall–Kier alpha value is -1.94. The van der Waals surface area contributed by atoms with Crippen molar-refractivity contribution in [1.82, 2.24) is 9.78 Å². The summed E-state index contributed by atoms with van der Waals surface area (Å²) in [4.78, 5) is 12.2. The summed E-state index contributed by atoms with van der Waals surface area (Å²) < 4.78 is 1.76. The zero-order valence-electron chi connectivity index (χ0n) is 11.4. The summed E-state index contributed by atoms with van der Waals surface area (Å²) in [7, 11) is 1.86. The van der Waals surface area contributed by atoms with Crippen molar-refractivity contribution in [3.8, 4) is 0 Å². The van der Waals surface area contributed by atoms with Crippen LogP contribution in [0.25, 0.3) is 0 Å². The third kappa shape index (κ3) is 3.29. The average molecular weight is 257 g/mol. The maximum atomic E-state index is 12.2. The number of rotatable bonds is 5. The number of nitrogens with two attached hydrogens (primary N) is 1. The molecule has 0 fully saturated rings. The molecule has 2 N–H and O–H groups in total. The molecule has 0 spiro atoms. The van der Waals surface area contributed by atoms with Gasteiger partial charge in [-0.15, -0.1) is 0 Å². The highest BCUT2D eigenvalue weighted by Crippen LogP contribution is 2.10. The molecule has 4 heteroatoms. The number of ketones is 1. The van der Waals surface area contributed by atoms with Gasteiger partial charge >= 0.3 is 0 Å². The highest BCUT2D eigenvalue weighted by Gasteiger charge is 2.10. The Morgan fingerprint density at radius 1 is 1.32 bits per heavy atom. The minimum absolute atomic E-state index is 0.113. The van der Waals surface area contributed by atoms with E-state index in [2.05, 4.69) is 5.10 Å². The van der Waals surface area contributed by atoms with Crippen LogP contribution in [-0.4, -0.2) is 22.1 Å². The maximum Gasteiger partial charge on any atom is 0.168 e. The summed E-state index contributed by atoms with van der Waals surface area (Å²) in [5.41, 5.74) is 9.27. The second-order valence-electron chi connectivity index (χ2n) is 4.74. The van der Waals surface area contributed by atoms with Crippen LogP contribution in [0.4, 0.5) is 0 Å². The molecule has 0 aliphatic rings. The third-order valence-electron chi connectivity index (χ3n) is 3.15. The van der Waals surface area contributed by atoms with E-state index < -0.39 is 0 Å². The van der Waals surface area contributed by atoms with E-state index in [9.17, 15) is 4.79 Å². The highest BCUT2D eigenvalue weighted by atomic mass is 16.1. The van der Waals surface area contributed by atoms with E-state index in [0.29, 0.717) is 13.0 Å². The summed E-state index contributed by atoms with van der Waals surface area (Å²) in [6.45, 7) is 2.55. The van der Waals surface area contributed by atoms with Crippen molar-refractivity contribution in [2.24, 2.45) is 12.8 Å². The summed E-state index contributed by atoms with van der Waals surface area (Å²) in [6.07, 6.45) is 1.23. The number of hydrogen-bond donors (Lipinski definition) is 1. The Labute approximate surface area is 113 Å². The topological polar surface area (TPSA) is 60.9 Å². The molecule has 0 unspecified atom stereocenters. The molecule has 1 heterocycles. The molecular weight excluding hydrogens is 238 g/mol. The summed E-state index contributed by atoms with van der Waals surface area (Å²) >= 11 is 0. The molecule has 1 aromatic heterocycles. The smallest absolute Gasteiger partial charge is 0.168 e. The summed E-state index contributed by atoms with van der Waals surface area (Å²) in [6, 6.07) is 9.62. The molecule has 0 saturated carbocycles. The van der Waals surface area contributed by atoms with E-state index in [-0.39, 0.29) is 5.78 Å². The van der Waals surface area contributed by atoms with Crippen molar-refractivity contribution >= 4 is 5.78 Å². The highest BCUT2D eigenvalue weighted by molar-refractivity contribution is 5.97. The van der Waals surface area contributed by atoms with Crippen LogP contribution in [0.15, 0.2) is 30.3 Å². The van der Waals surface area contributed by atoms with Gasteiger partial charge in [-0.3, -0.25) is 9.48 Å². The van der Waals surface area contributed by atoms with E-state index in [1.807, 2.05) is 44.3 Å². The normalized spacial score (nSPS) is 10.7. The van der Waals surface area contributed by atoms with Crippen molar-refractivity contribution in [2.75, 3.05) is 6.54 Å². The molecule has 0 saturated heterocycles. The quantitative estimate of drug-likeness (QED) is 0.829. The molecule has 2 rings (SSSR count). The van der Waals surface area contributed by atoms with Gasteiger partial charge in [0.25, 0.3) is 0 Å². The van der Waals surface area contributed by atoms with Gasteiger partial charge in [0.05, 0.1) is 12.1 Å². The first-order valence-corrected chi connectivity index (χ1v) is 6.42. The van der Waals surface area contributed by atoms with Crippen LogP contribution in [0, 0.1) is 6.92 Å². The molecular formula is C15H19N3O. The van der Waals surface area contributed by atoms with Gasteiger partial charge < -0.3 is 5.73 Å². The largest absolute Gasteiger partial charge is 0.330 e. The molecule has 2 aromatic rings. The fourth-order valence-electron chi connectivity index (χ4n) is 2.12. The van der Waals surface area contributed by atoms with Crippen molar-refractivity contribution in [3.63, 3.8) is 0 Å². The molecule has 0 bridgehead atoms. The lowest BCUT2D eigenvalue weighted by Gasteiger charge is -2.03. The van der Waals surface area contributed by atoms with Crippen LogP contribution in [0.1, 0.15) is 27.3 Å². The summed E-state index contributed by atoms with van der Waals surface area (Å²) in [5.74, 6) is 0.113. The van der Waals surface area contributed by atoms with Gasteiger partial charge in [0.15, 0.2) is 5.78 Å². The van der Waals surface area contributed by atoms with Crippen molar-refractivity contribution < 1.29 is 4.79 Å². The fraction of sp³-hybridized carbons (Fsp3) is 0.333. The van der Waals surface area contributed by atoms with Crippen LogP contribution in [-0.2, 0) is 19.9 Å². The minimum Gasteiger partial charge on any atom is -0.330 e. The van der Waals surface area contributed by atoms with Crippen LogP contribution in [0.5, 0.6) is 0 Å². The average Bonchev–Trinajstić information content (AvgIpc) is 2.69. The van der Waals surface area contributed by atoms with Gasteiger partial charge in [-0.2, -0.15) is 5.10 Å². The number of Topliss-reactive ketones (excluding diaryl/α,β-unsaturated/α-hetero) is 1. The SMILES string of the molecule is Cc1cc(CC(=O)c2ccc(CCN)cc2)n(C)n1. The van der Waals surface area contributed by atoms with E-state index in [0.717, 1.165) is 28.9 Å². The minimum atomic E-state index is 0.113. The Kier molecular flexibility index (Phi) is 4.12. The lowest BCUT2D eigenvalue weighted by molar-refractivity contribution is 0.0990. The zero-order chi connectivity index (χ0) is 13.8. The van der Waals surface area contributed by atoms with Crippen molar-refractivity contribution in [2.45, 2.75) is 19.8 Å².